The molecule has 1 aromatic carbocycles. The minimum absolute atomic E-state index is 0.0649. The molecule has 0 aliphatic heterocycles. The smallest absolute Gasteiger partial charge is 0.383 e. The van der Waals surface area contributed by atoms with Gasteiger partial charge in [0.1, 0.15) is 0 Å². The van der Waals surface area contributed by atoms with E-state index in [4.69, 9.17) is 5.11 Å². The molecule has 0 atom stereocenters. The molecule has 1 heterocycles. The lowest BCUT2D eigenvalue weighted by atomic mass is 10.1. The summed E-state index contributed by atoms with van der Waals surface area (Å²) in [7, 11) is 0. The van der Waals surface area contributed by atoms with Crippen LogP contribution in [-0.2, 0) is 6.61 Å². The summed E-state index contributed by atoms with van der Waals surface area (Å²) in [5.41, 5.74) is 1.35. The Labute approximate surface area is 79.8 Å². The van der Waals surface area contributed by atoms with Crippen LogP contribution in [-0.4, -0.2) is 10.3 Å². The second-order valence-corrected chi connectivity index (χ2v) is 2.81. The van der Waals surface area contributed by atoms with E-state index in [-0.39, 0.29) is 12.4 Å². The molecular weight excluding hydrogens is 184 g/mol. The molecule has 0 aliphatic carbocycles. The molecule has 0 unspecified atom stereocenters. The fraction of sp³-hybridized carbons (Fsp3) is 0.111. The molecule has 5 nitrogen and oxygen atoms in total. The maximum Gasteiger partial charge on any atom is 0.383 e. The van der Waals surface area contributed by atoms with Gasteiger partial charge in [0.25, 0.3) is 0 Å². The molecule has 1 aromatic heterocycles. The van der Waals surface area contributed by atoms with Crippen molar-refractivity contribution in [2.75, 3.05) is 0 Å². The van der Waals surface area contributed by atoms with E-state index >= 15 is 0 Å². The minimum Gasteiger partial charge on any atom is -0.708 e. The number of hydrogen-bond acceptors (Lipinski definition) is 4. The SMILES string of the molecule is [O-][n+]1conc1-c1cccc(CO)c1. The normalized spacial score (nSPS) is 10.4. The first-order chi connectivity index (χ1) is 6.81. The minimum atomic E-state index is -0.0649. The second kappa shape index (κ2) is 3.47. The number of benzene rings is 1. The van der Waals surface area contributed by atoms with E-state index in [9.17, 15) is 5.21 Å². The summed E-state index contributed by atoms with van der Waals surface area (Å²) in [5.74, 6) is 0.195. The van der Waals surface area contributed by atoms with Crippen LogP contribution >= 0.6 is 0 Å². The first kappa shape index (κ1) is 8.71. The molecule has 2 rings (SSSR count). The molecule has 0 bridgehead atoms. The van der Waals surface area contributed by atoms with Crippen molar-refractivity contribution in [1.82, 2.24) is 5.16 Å². The quantitative estimate of drug-likeness (QED) is 0.554. The molecule has 0 aliphatic rings. The molecular formula is C9H8N2O3. The predicted molar refractivity (Wildman–Crippen MR) is 46.8 cm³/mol. The van der Waals surface area contributed by atoms with Gasteiger partial charge in [0.15, 0.2) is 5.16 Å². The van der Waals surface area contributed by atoms with Crippen LogP contribution in [0.2, 0.25) is 0 Å². The van der Waals surface area contributed by atoms with Gasteiger partial charge in [-0.1, -0.05) is 12.1 Å². The lowest BCUT2D eigenvalue weighted by molar-refractivity contribution is -0.598. The number of nitrogens with zero attached hydrogens (tertiary/aromatic N) is 2. The summed E-state index contributed by atoms with van der Waals surface area (Å²) in [5, 5.41) is 23.6. The maximum atomic E-state index is 11.1. The van der Waals surface area contributed by atoms with Gasteiger partial charge in [0.05, 0.1) is 12.2 Å². The molecule has 5 heteroatoms. The Morgan fingerprint density at radius 3 is 3.00 bits per heavy atom. The summed E-state index contributed by atoms with van der Waals surface area (Å²) in [6, 6.07) is 6.92. The number of rotatable bonds is 2. The first-order valence-corrected chi connectivity index (χ1v) is 4.05. The van der Waals surface area contributed by atoms with Crippen molar-refractivity contribution >= 4 is 0 Å². The van der Waals surface area contributed by atoms with Crippen molar-refractivity contribution in [3.63, 3.8) is 0 Å². The van der Waals surface area contributed by atoms with Gasteiger partial charge in [-0.25, -0.2) is 4.52 Å². The molecule has 0 saturated carbocycles. The van der Waals surface area contributed by atoms with E-state index in [0.29, 0.717) is 10.3 Å². The highest BCUT2D eigenvalue weighted by Crippen LogP contribution is 2.14. The van der Waals surface area contributed by atoms with E-state index in [1.165, 1.54) is 0 Å². The van der Waals surface area contributed by atoms with Gasteiger partial charge < -0.3 is 10.3 Å². The number of aliphatic hydroxyl groups is 1. The third-order valence-electron chi connectivity index (χ3n) is 1.86. The summed E-state index contributed by atoms with van der Waals surface area (Å²) in [6.45, 7) is -0.0649. The highest BCUT2D eigenvalue weighted by Gasteiger charge is 2.14. The fourth-order valence-corrected chi connectivity index (χ4v) is 1.20. The predicted octanol–water partition coefficient (Wildman–Crippen LogP) is 0.467. The van der Waals surface area contributed by atoms with Crippen LogP contribution in [0, 0.1) is 5.21 Å². The third kappa shape index (κ3) is 1.45. The van der Waals surface area contributed by atoms with Gasteiger partial charge in [-0.15, -0.1) is 0 Å². The van der Waals surface area contributed by atoms with Gasteiger partial charge in [0.2, 0.25) is 0 Å². The highest BCUT2D eigenvalue weighted by atomic mass is 16.5. The number of aliphatic hydroxyl groups excluding tert-OH is 1. The molecule has 0 amide bonds. The van der Waals surface area contributed by atoms with Crippen LogP contribution < -0.4 is 4.73 Å². The number of aromatic nitrogens is 2. The van der Waals surface area contributed by atoms with Gasteiger partial charge in [-0.2, -0.15) is 4.73 Å². The zero-order valence-corrected chi connectivity index (χ0v) is 7.25. The molecule has 2 aromatic rings. The van der Waals surface area contributed by atoms with Crippen LogP contribution in [0.1, 0.15) is 5.56 Å². The van der Waals surface area contributed by atoms with Gasteiger partial charge in [-0.3, -0.25) is 0 Å². The topological polar surface area (TPSA) is 73.2 Å². The van der Waals surface area contributed by atoms with Crippen molar-refractivity contribution in [2.24, 2.45) is 0 Å². The highest BCUT2D eigenvalue weighted by molar-refractivity contribution is 5.52. The average molecular weight is 192 g/mol. The number of hydrogen-bond donors (Lipinski definition) is 1. The Morgan fingerprint density at radius 2 is 2.36 bits per heavy atom. The van der Waals surface area contributed by atoms with Crippen molar-refractivity contribution in [1.29, 1.82) is 0 Å². The summed E-state index contributed by atoms with van der Waals surface area (Å²) < 4.78 is 5.05. The largest absolute Gasteiger partial charge is 0.708 e. The Balaban J connectivity index is 2.47. The van der Waals surface area contributed by atoms with Crippen molar-refractivity contribution in [3.05, 3.63) is 41.4 Å². The van der Waals surface area contributed by atoms with Gasteiger partial charge in [-0.05, 0) is 17.7 Å². The van der Waals surface area contributed by atoms with Gasteiger partial charge in [0, 0.05) is 0 Å². The Hall–Kier alpha value is -1.88. The van der Waals surface area contributed by atoms with E-state index in [1.807, 2.05) is 0 Å². The standard InChI is InChI=1S/C9H8N2O3/c12-5-7-2-1-3-8(4-7)9-10-14-6-11(9)13/h1-4,6,12H,5H2. The molecule has 0 spiro atoms. The van der Waals surface area contributed by atoms with E-state index < -0.39 is 0 Å². The van der Waals surface area contributed by atoms with Crippen molar-refractivity contribution in [2.45, 2.75) is 6.61 Å². The van der Waals surface area contributed by atoms with Crippen LogP contribution in [0.15, 0.2) is 35.2 Å². The Bertz CT molecular complexity index is 439. The second-order valence-electron chi connectivity index (χ2n) is 2.81. The Morgan fingerprint density at radius 1 is 1.50 bits per heavy atom. The van der Waals surface area contributed by atoms with E-state index in [2.05, 4.69) is 9.68 Å². The van der Waals surface area contributed by atoms with Crippen molar-refractivity contribution in [3.8, 4) is 11.4 Å². The Kier molecular flexibility index (Phi) is 2.16. The lowest BCUT2D eigenvalue weighted by Gasteiger charge is -1.99. The van der Waals surface area contributed by atoms with Gasteiger partial charge >= 0.3 is 12.2 Å². The summed E-state index contributed by atoms with van der Waals surface area (Å²) in [4.78, 5) is 0. The molecule has 0 fully saturated rings. The molecule has 14 heavy (non-hydrogen) atoms. The molecule has 0 radical (unpaired) electrons. The molecule has 0 saturated heterocycles. The van der Waals surface area contributed by atoms with Crippen LogP contribution in [0.5, 0.6) is 0 Å². The zero-order valence-electron chi connectivity index (χ0n) is 7.25. The molecule has 1 N–H and O–H groups in total. The lowest BCUT2D eigenvalue weighted by Crippen LogP contribution is -2.25. The van der Waals surface area contributed by atoms with E-state index in [1.54, 1.807) is 24.3 Å². The molecule has 72 valence electrons. The zero-order chi connectivity index (χ0) is 9.97. The van der Waals surface area contributed by atoms with Crippen LogP contribution in [0.3, 0.4) is 0 Å². The summed E-state index contributed by atoms with van der Waals surface area (Å²) in [6.07, 6.45) is 0.973. The van der Waals surface area contributed by atoms with Crippen LogP contribution in [0.4, 0.5) is 0 Å². The summed E-state index contributed by atoms with van der Waals surface area (Å²) >= 11 is 0. The average Bonchev–Trinajstić information content (AvgIpc) is 2.65. The fourth-order valence-electron chi connectivity index (χ4n) is 1.20. The third-order valence-corrected chi connectivity index (χ3v) is 1.86. The van der Waals surface area contributed by atoms with Crippen LogP contribution in [0.25, 0.3) is 11.4 Å². The maximum absolute atomic E-state index is 11.1. The van der Waals surface area contributed by atoms with Crippen molar-refractivity contribution < 1.29 is 14.4 Å². The first-order valence-electron chi connectivity index (χ1n) is 4.05. The monoisotopic (exact) mass is 192 g/mol. The van der Waals surface area contributed by atoms with E-state index in [0.717, 1.165) is 12.0 Å².